The monoisotopic (exact) mass is 492 g/mol. The Morgan fingerprint density at radius 2 is 1.41 bits per heavy atom. The molecule has 2 aromatic carbocycles. The van der Waals surface area contributed by atoms with Gasteiger partial charge in [0.1, 0.15) is 0 Å². The molecule has 2 fully saturated rings. The van der Waals surface area contributed by atoms with Crippen molar-refractivity contribution in [1.82, 2.24) is 9.80 Å². The summed E-state index contributed by atoms with van der Waals surface area (Å²) in [5, 5.41) is 0. The molecule has 4 heterocycles. The maximum atomic E-state index is 13.4. The van der Waals surface area contributed by atoms with Crippen molar-refractivity contribution in [3.63, 3.8) is 0 Å². The number of amides is 2. The van der Waals surface area contributed by atoms with Gasteiger partial charge in [-0.05, 0) is 74.6 Å². The van der Waals surface area contributed by atoms with Gasteiger partial charge in [-0.1, -0.05) is 36.3 Å². The molecule has 1 unspecified atom stereocenters. The predicted molar refractivity (Wildman–Crippen MR) is 148 cm³/mol. The number of benzene rings is 2. The zero-order valence-corrected chi connectivity index (χ0v) is 21.9. The van der Waals surface area contributed by atoms with Crippen molar-refractivity contribution >= 4 is 35.6 Å². The fraction of sp³-hybridized carbons (Fsp3) is 0.355. The van der Waals surface area contributed by atoms with Gasteiger partial charge < -0.3 is 9.80 Å². The first-order valence-corrected chi connectivity index (χ1v) is 13.1. The standard InChI is InChI=1S/C31H32N4O2/c1-5-20-10-23-14-32-28-12-22(7-8-25(28)30(36)34(23)16-20)19(4)26-13-29-27(9-18(26)3)31(37)35-17-21(6-2)11-24(35)15-33-29/h5-9,12-15,19,23-24H,10-11,16-17H2,1-4H3/b20-5+,21-6+/t19?,23-,24-/m0/s1. The summed E-state index contributed by atoms with van der Waals surface area (Å²) in [6.07, 6.45) is 9.76. The SMILES string of the molecule is C/C=C1\C[C@H]2C=Nc3cc(C(C)c4cc5c(cc4C)C(=O)N4C/C(=C/C)C[C@H]4C=N5)ccc3C(=O)N2C1. The van der Waals surface area contributed by atoms with E-state index in [-0.39, 0.29) is 29.8 Å². The summed E-state index contributed by atoms with van der Waals surface area (Å²) in [5.74, 6) is 0.155. The van der Waals surface area contributed by atoms with Gasteiger partial charge in [0.05, 0.1) is 34.6 Å². The van der Waals surface area contributed by atoms with E-state index in [1.165, 1.54) is 11.1 Å². The minimum Gasteiger partial charge on any atom is -0.326 e. The summed E-state index contributed by atoms with van der Waals surface area (Å²) in [6.45, 7) is 9.62. The lowest BCUT2D eigenvalue weighted by molar-refractivity contribution is 0.0770. The largest absolute Gasteiger partial charge is 0.326 e. The Bertz CT molecular complexity index is 1450. The average molecular weight is 493 g/mol. The van der Waals surface area contributed by atoms with Gasteiger partial charge >= 0.3 is 0 Å². The Morgan fingerprint density at radius 1 is 0.838 bits per heavy atom. The van der Waals surface area contributed by atoms with Crippen molar-refractivity contribution in [2.24, 2.45) is 9.98 Å². The predicted octanol–water partition coefficient (Wildman–Crippen LogP) is 5.90. The van der Waals surface area contributed by atoms with Gasteiger partial charge in [0.15, 0.2) is 0 Å². The third-order valence-corrected chi connectivity index (χ3v) is 8.43. The first-order chi connectivity index (χ1) is 17.9. The molecular weight excluding hydrogens is 460 g/mol. The number of rotatable bonds is 2. The van der Waals surface area contributed by atoms with E-state index < -0.39 is 0 Å². The summed E-state index contributed by atoms with van der Waals surface area (Å²) in [5.41, 5.74) is 8.62. The molecule has 2 aromatic rings. The third-order valence-electron chi connectivity index (χ3n) is 8.43. The molecular formula is C31H32N4O2. The highest BCUT2D eigenvalue weighted by Crippen LogP contribution is 2.38. The van der Waals surface area contributed by atoms with E-state index >= 15 is 0 Å². The molecule has 6 nitrogen and oxygen atoms in total. The van der Waals surface area contributed by atoms with Crippen molar-refractivity contribution in [3.05, 3.63) is 81.4 Å². The van der Waals surface area contributed by atoms with Crippen LogP contribution >= 0.6 is 0 Å². The summed E-state index contributed by atoms with van der Waals surface area (Å²) in [7, 11) is 0. The van der Waals surface area contributed by atoms with E-state index in [1.807, 2.05) is 60.3 Å². The van der Waals surface area contributed by atoms with Crippen LogP contribution < -0.4 is 0 Å². The number of hydrogen-bond acceptors (Lipinski definition) is 4. The molecule has 0 spiro atoms. The molecule has 4 aliphatic rings. The Balaban J connectivity index is 1.33. The lowest BCUT2D eigenvalue weighted by Gasteiger charge is -2.22. The molecule has 6 heteroatoms. The van der Waals surface area contributed by atoms with Gasteiger partial charge in [0, 0.05) is 31.4 Å². The first-order valence-electron chi connectivity index (χ1n) is 13.1. The van der Waals surface area contributed by atoms with Crippen molar-refractivity contribution in [3.8, 4) is 0 Å². The van der Waals surface area contributed by atoms with Gasteiger partial charge in [0.2, 0.25) is 0 Å². The molecule has 6 rings (SSSR count). The maximum Gasteiger partial charge on any atom is 0.256 e. The summed E-state index contributed by atoms with van der Waals surface area (Å²) < 4.78 is 0. The van der Waals surface area contributed by atoms with E-state index in [9.17, 15) is 9.59 Å². The van der Waals surface area contributed by atoms with Gasteiger partial charge in [0.25, 0.3) is 11.8 Å². The lowest BCUT2D eigenvalue weighted by atomic mass is 9.87. The quantitative estimate of drug-likeness (QED) is 0.490. The molecule has 0 saturated carbocycles. The smallest absolute Gasteiger partial charge is 0.256 e. The second-order valence-electron chi connectivity index (χ2n) is 10.6. The molecule has 2 amide bonds. The topological polar surface area (TPSA) is 65.3 Å². The van der Waals surface area contributed by atoms with Crippen LogP contribution in [-0.4, -0.2) is 59.2 Å². The number of nitrogens with zero attached hydrogens (tertiary/aromatic N) is 4. The van der Waals surface area contributed by atoms with E-state index in [4.69, 9.17) is 9.98 Å². The number of carbonyl (C=O) groups excluding carboxylic acids is 2. The van der Waals surface area contributed by atoms with Crippen LogP contribution in [0.3, 0.4) is 0 Å². The van der Waals surface area contributed by atoms with Crippen LogP contribution in [0.15, 0.2) is 63.6 Å². The third kappa shape index (κ3) is 3.86. The Kier molecular flexibility index (Phi) is 5.70. The van der Waals surface area contributed by atoms with Crippen LogP contribution in [0.25, 0.3) is 0 Å². The van der Waals surface area contributed by atoms with E-state index in [2.05, 4.69) is 32.1 Å². The molecule has 188 valence electrons. The van der Waals surface area contributed by atoms with Crippen LogP contribution in [0.1, 0.15) is 76.9 Å². The summed E-state index contributed by atoms with van der Waals surface area (Å²) >= 11 is 0. The molecule has 0 bridgehead atoms. The molecule has 3 atom stereocenters. The second kappa shape index (κ2) is 8.94. The average Bonchev–Trinajstić information content (AvgIpc) is 3.47. The summed E-state index contributed by atoms with van der Waals surface area (Å²) in [4.78, 5) is 40.1. The highest BCUT2D eigenvalue weighted by molar-refractivity contribution is 6.04. The van der Waals surface area contributed by atoms with Crippen LogP contribution in [-0.2, 0) is 0 Å². The normalized spacial score (nSPS) is 25.2. The zero-order valence-electron chi connectivity index (χ0n) is 21.9. The number of aliphatic imine (C=N–C) groups is 2. The Labute approximate surface area is 218 Å². The molecule has 4 aliphatic heterocycles. The van der Waals surface area contributed by atoms with E-state index in [1.54, 1.807) is 0 Å². The Hall–Kier alpha value is -3.80. The van der Waals surface area contributed by atoms with Gasteiger partial charge in [-0.2, -0.15) is 0 Å². The molecule has 0 radical (unpaired) electrons. The van der Waals surface area contributed by atoms with Crippen molar-refractivity contribution in [2.45, 2.75) is 58.5 Å². The highest BCUT2D eigenvalue weighted by atomic mass is 16.2. The van der Waals surface area contributed by atoms with E-state index in [0.717, 1.165) is 40.9 Å². The zero-order chi connectivity index (χ0) is 25.8. The number of carbonyl (C=O) groups is 2. The van der Waals surface area contributed by atoms with Crippen LogP contribution in [0.5, 0.6) is 0 Å². The number of fused-ring (bicyclic) bond motifs is 4. The fourth-order valence-electron chi connectivity index (χ4n) is 6.07. The van der Waals surface area contributed by atoms with Crippen LogP contribution in [0.2, 0.25) is 0 Å². The Morgan fingerprint density at radius 3 is 2.00 bits per heavy atom. The van der Waals surface area contributed by atoms with Gasteiger partial charge in [-0.25, -0.2) is 0 Å². The second-order valence-corrected chi connectivity index (χ2v) is 10.6. The van der Waals surface area contributed by atoms with Crippen LogP contribution in [0.4, 0.5) is 11.4 Å². The van der Waals surface area contributed by atoms with Crippen molar-refractivity contribution in [1.29, 1.82) is 0 Å². The number of hydrogen-bond donors (Lipinski definition) is 0. The van der Waals surface area contributed by atoms with Crippen LogP contribution in [0, 0.1) is 6.92 Å². The molecule has 0 aromatic heterocycles. The summed E-state index contributed by atoms with van der Waals surface area (Å²) in [6, 6.07) is 10.1. The fourth-order valence-corrected chi connectivity index (χ4v) is 6.07. The molecule has 2 saturated heterocycles. The lowest BCUT2D eigenvalue weighted by Crippen LogP contribution is -2.35. The van der Waals surface area contributed by atoms with E-state index in [0.29, 0.717) is 24.2 Å². The van der Waals surface area contributed by atoms with Crippen molar-refractivity contribution in [2.75, 3.05) is 13.1 Å². The number of aryl methyl sites for hydroxylation is 1. The highest BCUT2D eigenvalue weighted by Gasteiger charge is 2.35. The minimum atomic E-state index is 0.0198. The van der Waals surface area contributed by atoms with Gasteiger partial charge in [-0.15, -0.1) is 0 Å². The van der Waals surface area contributed by atoms with Gasteiger partial charge in [-0.3, -0.25) is 19.6 Å². The molecule has 37 heavy (non-hydrogen) atoms. The molecule has 0 aliphatic carbocycles. The van der Waals surface area contributed by atoms with Crippen molar-refractivity contribution < 1.29 is 9.59 Å². The maximum absolute atomic E-state index is 13.4. The molecule has 0 N–H and O–H groups in total. The minimum absolute atomic E-state index is 0.0198. The first kappa shape index (κ1) is 23.6. The number of allylic oxidation sites excluding steroid dienone is 2.